The van der Waals surface area contributed by atoms with E-state index in [0.717, 1.165) is 12.1 Å². The molecule has 1 fully saturated rings. The maximum absolute atomic E-state index is 12.9. The van der Waals surface area contributed by atoms with Gasteiger partial charge in [-0.25, -0.2) is 4.98 Å². The van der Waals surface area contributed by atoms with Gasteiger partial charge in [0.1, 0.15) is 0 Å². The molecule has 9 nitrogen and oxygen atoms in total. The number of aromatic nitrogens is 2. The van der Waals surface area contributed by atoms with Crippen molar-refractivity contribution >= 4 is 11.8 Å². The molecule has 0 spiro atoms. The first-order chi connectivity index (χ1) is 13.5. The van der Waals surface area contributed by atoms with Gasteiger partial charge in [0.2, 0.25) is 11.7 Å². The number of aryl methyl sites for hydroxylation is 3. The van der Waals surface area contributed by atoms with E-state index in [1.54, 1.807) is 11.8 Å². The average molecular weight is 390 g/mol. The van der Waals surface area contributed by atoms with E-state index in [1.807, 2.05) is 19.9 Å². The normalized spacial score (nSPS) is 17.0. The van der Waals surface area contributed by atoms with Crippen molar-refractivity contribution in [2.75, 3.05) is 19.8 Å². The van der Waals surface area contributed by atoms with Crippen LogP contribution in [0.4, 0.5) is 0 Å². The molecule has 1 atom stereocenters. The van der Waals surface area contributed by atoms with Crippen LogP contribution in [-0.2, 0) is 28.9 Å². The fourth-order valence-corrected chi connectivity index (χ4v) is 3.10. The Morgan fingerprint density at radius 2 is 2.14 bits per heavy atom. The Morgan fingerprint density at radius 1 is 1.32 bits per heavy atom. The number of hydrogen-bond acceptors (Lipinski definition) is 7. The zero-order valence-electron chi connectivity index (χ0n) is 16.5. The number of hydrogen-bond donors (Lipinski definition) is 1. The quantitative estimate of drug-likeness (QED) is 0.765. The molecule has 1 N–H and O–H groups in total. The molecule has 2 aromatic rings. The molecular weight excluding hydrogens is 364 g/mol. The van der Waals surface area contributed by atoms with E-state index < -0.39 is 0 Å². The summed E-state index contributed by atoms with van der Waals surface area (Å²) in [7, 11) is 0. The summed E-state index contributed by atoms with van der Waals surface area (Å²) >= 11 is 0. The molecule has 0 radical (unpaired) electrons. The highest BCUT2D eigenvalue weighted by molar-refractivity contribution is 5.93. The molecule has 2 aromatic heterocycles. The Hall–Kier alpha value is -2.68. The van der Waals surface area contributed by atoms with Gasteiger partial charge in [0.25, 0.3) is 5.91 Å². The first-order valence-electron chi connectivity index (χ1n) is 9.58. The van der Waals surface area contributed by atoms with Crippen molar-refractivity contribution in [1.82, 2.24) is 20.4 Å². The number of morpholine rings is 1. The van der Waals surface area contributed by atoms with Gasteiger partial charge in [-0.3, -0.25) is 9.59 Å². The molecule has 2 amide bonds. The van der Waals surface area contributed by atoms with E-state index in [-0.39, 0.29) is 36.6 Å². The Balaban J connectivity index is 1.61. The van der Waals surface area contributed by atoms with E-state index in [4.69, 9.17) is 13.7 Å². The van der Waals surface area contributed by atoms with Gasteiger partial charge in [0, 0.05) is 25.5 Å². The van der Waals surface area contributed by atoms with E-state index in [2.05, 4.69) is 15.5 Å². The first-order valence-corrected chi connectivity index (χ1v) is 9.58. The minimum absolute atomic E-state index is 0.133. The number of nitrogens with one attached hydrogen (secondary N) is 1. The van der Waals surface area contributed by atoms with Gasteiger partial charge in [0.05, 0.1) is 37.2 Å². The lowest BCUT2D eigenvalue weighted by atomic mass is 10.1. The maximum atomic E-state index is 12.9. The van der Waals surface area contributed by atoms with Crippen molar-refractivity contribution in [1.29, 1.82) is 0 Å². The summed E-state index contributed by atoms with van der Waals surface area (Å²) < 4.78 is 16.2. The Labute approximate surface area is 163 Å². The highest BCUT2D eigenvalue weighted by Gasteiger charge is 2.32. The number of ether oxygens (including phenoxy) is 1. The Kier molecular flexibility index (Phi) is 6.45. The predicted molar refractivity (Wildman–Crippen MR) is 98.6 cm³/mol. The molecule has 1 aliphatic heterocycles. The minimum Gasteiger partial charge on any atom is -0.435 e. The molecule has 3 heterocycles. The van der Waals surface area contributed by atoms with Gasteiger partial charge in [-0.15, -0.1) is 0 Å². The maximum Gasteiger partial charge on any atom is 0.291 e. The lowest BCUT2D eigenvalue weighted by Crippen LogP contribution is -2.50. The molecule has 0 aliphatic carbocycles. The van der Waals surface area contributed by atoms with E-state index in [9.17, 15) is 9.59 Å². The summed E-state index contributed by atoms with van der Waals surface area (Å²) in [5.74, 6) is 0.919. The zero-order chi connectivity index (χ0) is 20.1. The molecule has 0 saturated carbocycles. The van der Waals surface area contributed by atoms with E-state index >= 15 is 0 Å². The molecule has 0 bridgehead atoms. The lowest BCUT2D eigenvalue weighted by Gasteiger charge is -2.34. The molecule has 152 valence electrons. The van der Waals surface area contributed by atoms with Gasteiger partial charge in [0.15, 0.2) is 11.7 Å². The van der Waals surface area contributed by atoms with Gasteiger partial charge in [-0.2, -0.15) is 0 Å². The zero-order valence-corrected chi connectivity index (χ0v) is 16.5. The van der Waals surface area contributed by atoms with Crippen LogP contribution in [0, 0.1) is 6.92 Å². The van der Waals surface area contributed by atoms with Gasteiger partial charge >= 0.3 is 0 Å². The van der Waals surface area contributed by atoms with Crippen molar-refractivity contribution in [3.8, 4) is 0 Å². The molecule has 1 unspecified atom stereocenters. The number of nitrogens with zero attached hydrogens (tertiary/aromatic N) is 3. The van der Waals surface area contributed by atoms with Crippen molar-refractivity contribution < 1.29 is 23.3 Å². The van der Waals surface area contributed by atoms with Gasteiger partial charge in [-0.1, -0.05) is 19.0 Å². The van der Waals surface area contributed by atoms with Crippen LogP contribution in [-0.4, -0.2) is 52.7 Å². The van der Waals surface area contributed by atoms with Crippen LogP contribution in [0.1, 0.15) is 53.9 Å². The molecule has 28 heavy (non-hydrogen) atoms. The third-order valence-electron chi connectivity index (χ3n) is 4.68. The van der Waals surface area contributed by atoms with Crippen LogP contribution >= 0.6 is 0 Å². The molecular formula is C19H26N4O5. The number of amides is 2. The Bertz CT molecular complexity index is 828. The number of carbonyl (C=O) groups is 2. The summed E-state index contributed by atoms with van der Waals surface area (Å²) in [6, 6.07) is 1.45. The molecule has 0 aromatic carbocycles. The van der Waals surface area contributed by atoms with Crippen LogP contribution in [0.3, 0.4) is 0 Å². The van der Waals surface area contributed by atoms with Gasteiger partial charge in [-0.05, 0) is 13.3 Å². The monoisotopic (exact) mass is 390 g/mol. The minimum atomic E-state index is -0.364. The summed E-state index contributed by atoms with van der Waals surface area (Å²) in [5, 5.41) is 6.70. The standard InChI is InChI=1S/C19H26N4O5/c1-4-13-8-15(28-22-13)10-20-16(24)9-14-11-26-7-6-23(14)19(25)18-12(3)21-17(5-2)27-18/h8,14H,4-7,9-11H2,1-3H3,(H,20,24). The third kappa shape index (κ3) is 4.59. The van der Waals surface area contributed by atoms with Crippen LogP contribution < -0.4 is 5.32 Å². The SMILES string of the molecule is CCc1cc(CNC(=O)CC2COCCN2C(=O)c2oc(CC)nc2C)on1. The highest BCUT2D eigenvalue weighted by Crippen LogP contribution is 2.19. The third-order valence-corrected chi connectivity index (χ3v) is 4.68. The fraction of sp³-hybridized carbons (Fsp3) is 0.579. The van der Waals surface area contributed by atoms with Crippen LogP contribution in [0.5, 0.6) is 0 Å². The molecule has 9 heteroatoms. The largest absolute Gasteiger partial charge is 0.435 e. The lowest BCUT2D eigenvalue weighted by molar-refractivity contribution is -0.123. The summed E-state index contributed by atoms with van der Waals surface area (Å²) in [4.78, 5) is 31.2. The van der Waals surface area contributed by atoms with Crippen molar-refractivity contribution in [2.24, 2.45) is 0 Å². The molecule has 1 aliphatic rings. The molecule has 3 rings (SSSR count). The second-order valence-corrected chi connectivity index (χ2v) is 6.72. The topological polar surface area (TPSA) is 111 Å². The van der Waals surface area contributed by atoms with E-state index in [0.29, 0.717) is 43.5 Å². The summed E-state index contributed by atoms with van der Waals surface area (Å²) in [6.07, 6.45) is 1.52. The van der Waals surface area contributed by atoms with Crippen LogP contribution in [0.25, 0.3) is 0 Å². The summed E-state index contributed by atoms with van der Waals surface area (Å²) in [5.41, 5.74) is 1.41. The number of carbonyl (C=O) groups excluding carboxylic acids is 2. The predicted octanol–water partition coefficient (Wildman–Crippen LogP) is 1.64. The van der Waals surface area contributed by atoms with E-state index in [1.165, 1.54) is 0 Å². The second kappa shape index (κ2) is 9.01. The number of oxazole rings is 1. The van der Waals surface area contributed by atoms with Crippen molar-refractivity contribution in [3.63, 3.8) is 0 Å². The number of rotatable bonds is 7. The van der Waals surface area contributed by atoms with Crippen LogP contribution in [0.15, 0.2) is 15.0 Å². The Morgan fingerprint density at radius 3 is 2.82 bits per heavy atom. The van der Waals surface area contributed by atoms with Crippen LogP contribution in [0.2, 0.25) is 0 Å². The smallest absolute Gasteiger partial charge is 0.291 e. The van der Waals surface area contributed by atoms with Gasteiger partial charge < -0.3 is 23.9 Å². The second-order valence-electron chi connectivity index (χ2n) is 6.72. The fourth-order valence-electron chi connectivity index (χ4n) is 3.10. The average Bonchev–Trinajstić information content (AvgIpc) is 3.32. The highest BCUT2D eigenvalue weighted by atomic mass is 16.5. The van der Waals surface area contributed by atoms with Crippen molar-refractivity contribution in [2.45, 2.75) is 52.6 Å². The van der Waals surface area contributed by atoms with Crippen molar-refractivity contribution in [3.05, 3.63) is 34.9 Å². The summed E-state index contributed by atoms with van der Waals surface area (Å²) in [6.45, 7) is 7.04. The molecule has 1 saturated heterocycles. The first kappa shape index (κ1) is 20.1.